The third-order valence-electron chi connectivity index (χ3n) is 17.7. The van der Waals surface area contributed by atoms with Crippen LogP contribution in [0.1, 0.15) is 62.1 Å². The molecule has 0 radical (unpaired) electrons. The lowest BCUT2D eigenvalue weighted by Gasteiger charge is -2.24. The van der Waals surface area contributed by atoms with Crippen LogP contribution in [0.3, 0.4) is 0 Å². The molecule has 91 heavy (non-hydrogen) atoms. The Morgan fingerprint density at radius 3 is 1.16 bits per heavy atom. The third-order valence-corrected chi connectivity index (χ3v) is 17.7. The topological polar surface area (TPSA) is 143 Å². The largest absolute Gasteiger partial charge is 0.309 e. The lowest BCUT2D eigenvalue weighted by molar-refractivity contribution is 0.0635. The van der Waals surface area contributed by atoms with Crippen molar-refractivity contribution in [3.05, 3.63) is 295 Å². The van der Waals surface area contributed by atoms with Crippen molar-refractivity contribution in [1.82, 2.24) is 29.2 Å². The van der Waals surface area contributed by atoms with Gasteiger partial charge < -0.3 is 4.57 Å². The molecule has 6 amide bonds. The maximum Gasteiger partial charge on any atom is 0.261 e. The molecule has 3 aliphatic heterocycles. The van der Waals surface area contributed by atoms with E-state index >= 15 is 0 Å². The molecular formula is C79H52N6O6. The predicted octanol–water partition coefficient (Wildman–Crippen LogP) is 16.4. The number of amides is 6. The Morgan fingerprint density at radius 2 is 0.681 bits per heavy atom. The number of carbonyl (C=O) groups excluding carboxylic acids is 6. The van der Waals surface area contributed by atoms with Crippen LogP contribution in [0, 0.1) is 0 Å². The molecular weight excluding hydrogens is 1130 g/mol. The monoisotopic (exact) mass is 1180 g/mol. The van der Waals surface area contributed by atoms with Gasteiger partial charge in [-0.05, 0) is 146 Å². The van der Waals surface area contributed by atoms with Gasteiger partial charge in [-0.2, -0.15) is 0 Å². The molecule has 0 unspecified atom stereocenters. The molecule has 0 atom stereocenters. The summed E-state index contributed by atoms with van der Waals surface area (Å²) < 4.78 is 2.29. The number of para-hydroxylation sites is 2. The third kappa shape index (κ3) is 9.15. The van der Waals surface area contributed by atoms with Gasteiger partial charge in [0, 0.05) is 111 Å². The van der Waals surface area contributed by atoms with Gasteiger partial charge in [0.1, 0.15) is 0 Å². The number of rotatable bonds is 6. The molecule has 12 heteroatoms. The van der Waals surface area contributed by atoms with Crippen LogP contribution < -0.4 is 0 Å². The Bertz CT molecular complexity index is 5130. The molecule has 434 valence electrons. The second-order valence-corrected chi connectivity index (χ2v) is 22.7. The van der Waals surface area contributed by atoms with E-state index in [1.54, 1.807) is 30.6 Å². The number of fused-ring (bicyclic) bond motifs is 3. The van der Waals surface area contributed by atoms with E-state index in [2.05, 4.69) is 106 Å². The SMILES string of the molecule is CN1C(=O)c2cccc3c(-c4ccc(-c5ccccn5)cc4)ccc(c23)C1=O.CN1C(=O)c2cccc3c(-c4ccc(-c5cccnc5)cc4)ccc(c23)C1=O.CN1C(=O)c2cccc3c(-c4ccc5c(c4)c4ccccc4n5-c4ccccc4)ccc(c23)C1=O. The summed E-state index contributed by atoms with van der Waals surface area (Å²) in [6.07, 6.45) is 5.37. The standard InChI is InChI=1S/C31H20N2O2.2C24H16N2O2/c1-32-30(34)24-12-7-11-23-21(15-16-25(29(23)24)31(32)35)19-14-17-28-26(18-19)22-10-5-6-13-27(22)33(28)20-8-3-2-4-9-20;1-26-23(27)20-6-2-5-19-18(11-12-21(22(19)20)24(26)28)16-9-7-15(8-10-16)17-4-3-13-25-14-17;1-26-23(27)19-6-4-5-18-17(12-13-20(22(18)19)24(26)28)15-8-10-16(11-9-15)21-7-2-3-14-25-21/h2-18H,1H3;2*2-14H,1H3. The van der Waals surface area contributed by atoms with Crippen molar-refractivity contribution in [2.45, 2.75) is 0 Å². The zero-order valence-corrected chi connectivity index (χ0v) is 49.5. The Kier molecular flexibility index (Phi) is 13.5. The second-order valence-electron chi connectivity index (χ2n) is 22.7. The van der Waals surface area contributed by atoms with Crippen molar-refractivity contribution in [3.63, 3.8) is 0 Å². The minimum absolute atomic E-state index is 0.257. The Balaban J connectivity index is 0.000000115. The average molecular weight is 1180 g/mol. The molecule has 0 spiro atoms. The van der Waals surface area contributed by atoms with E-state index in [0.29, 0.717) is 33.4 Å². The fourth-order valence-corrected chi connectivity index (χ4v) is 13.1. The number of carbonyl (C=O) groups is 6. The summed E-state index contributed by atoms with van der Waals surface area (Å²) in [5, 5.41) is 7.31. The van der Waals surface area contributed by atoms with Gasteiger partial charge in [0.15, 0.2) is 0 Å². The molecule has 0 fully saturated rings. The highest BCUT2D eigenvalue weighted by Crippen LogP contribution is 2.42. The van der Waals surface area contributed by atoms with Crippen LogP contribution in [-0.2, 0) is 0 Å². The van der Waals surface area contributed by atoms with Crippen molar-refractivity contribution in [2.24, 2.45) is 0 Å². The highest BCUT2D eigenvalue weighted by molar-refractivity contribution is 6.29. The van der Waals surface area contributed by atoms with Gasteiger partial charge in [-0.1, -0.05) is 158 Å². The van der Waals surface area contributed by atoms with Crippen LogP contribution in [0.4, 0.5) is 0 Å². The summed E-state index contributed by atoms with van der Waals surface area (Å²) in [6.45, 7) is 0. The normalized spacial score (nSPS) is 13.3. The molecule has 6 heterocycles. The first-order valence-corrected chi connectivity index (χ1v) is 29.7. The van der Waals surface area contributed by atoms with Crippen molar-refractivity contribution in [1.29, 1.82) is 0 Å². The van der Waals surface area contributed by atoms with Crippen molar-refractivity contribution < 1.29 is 28.8 Å². The second kappa shape index (κ2) is 22.1. The van der Waals surface area contributed by atoms with Crippen molar-refractivity contribution in [2.75, 3.05) is 21.1 Å². The van der Waals surface area contributed by atoms with E-state index in [1.807, 2.05) is 140 Å². The summed E-state index contributed by atoms with van der Waals surface area (Å²) in [7, 11) is 4.59. The van der Waals surface area contributed by atoms with Gasteiger partial charge in [-0.3, -0.25) is 53.4 Å². The molecule has 3 aromatic heterocycles. The molecule has 0 saturated heterocycles. The Labute approximate surface area is 522 Å². The highest BCUT2D eigenvalue weighted by atomic mass is 16.2. The summed E-state index contributed by atoms with van der Waals surface area (Å²) >= 11 is 0. The summed E-state index contributed by atoms with van der Waals surface area (Å²) in [5.41, 5.74) is 17.1. The number of benzene rings is 11. The molecule has 11 aromatic carbocycles. The average Bonchev–Trinajstić information content (AvgIpc) is 1.77. The quantitative estimate of drug-likeness (QED) is 0.150. The van der Waals surface area contributed by atoms with Gasteiger partial charge in [-0.25, -0.2) is 0 Å². The minimum Gasteiger partial charge on any atom is -0.309 e. The van der Waals surface area contributed by atoms with Crippen molar-refractivity contribution in [3.8, 4) is 61.5 Å². The van der Waals surface area contributed by atoms with Gasteiger partial charge in [0.05, 0.1) is 16.7 Å². The first-order valence-electron chi connectivity index (χ1n) is 29.7. The molecule has 14 aromatic rings. The van der Waals surface area contributed by atoms with Gasteiger partial charge >= 0.3 is 0 Å². The van der Waals surface area contributed by atoms with Gasteiger partial charge in [0.2, 0.25) is 0 Å². The van der Waals surface area contributed by atoms with E-state index < -0.39 is 0 Å². The summed E-state index contributed by atoms with van der Waals surface area (Å²) in [6, 6.07) is 79.9. The lowest BCUT2D eigenvalue weighted by atomic mass is 9.89. The maximum absolute atomic E-state index is 12.8. The molecule has 0 saturated carbocycles. The van der Waals surface area contributed by atoms with E-state index in [0.717, 1.165) is 110 Å². The maximum atomic E-state index is 12.8. The van der Waals surface area contributed by atoms with Gasteiger partial charge in [0.25, 0.3) is 35.4 Å². The molecule has 12 nitrogen and oxygen atoms in total. The van der Waals surface area contributed by atoms with Gasteiger partial charge in [-0.15, -0.1) is 0 Å². The number of imide groups is 3. The number of pyridine rings is 2. The van der Waals surface area contributed by atoms with E-state index in [9.17, 15) is 28.8 Å². The smallest absolute Gasteiger partial charge is 0.261 e. The number of aromatic nitrogens is 3. The number of hydrogen-bond donors (Lipinski definition) is 0. The van der Waals surface area contributed by atoms with E-state index in [-0.39, 0.29) is 35.4 Å². The van der Waals surface area contributed by atoms with Crippen LogP contribution in [-0.4, -0.2) is 85.8 Å². The first-order chi connectivity index (χ1) is 44.4. The number of hydrogen-bond acceptors (Lipinski definition) is 8. The first kappa shape index (κ1) is 55.3. The summed E-state index contributed by atoms with van der Waals surface area (Å²) in [5.74, 6) is -1.55. The molecule has 3 aliphatic rings. The van der Waals surface area contributed by atoms with Crippen LogP contribution in [0.25, 0.3) is 116 Å². The van der Waals surface area contributed by atoms with Crippen LogP contribution in [0.15, 0.2) is 261 Å². The van der Waals surface area contributed by atoms with Crippen LogP contribution in [0.5, 0.6) is 0 Å². The molecule has 0 N–H and O–H groups in total. The summed E-state index contributed by atoms with van der Waals surface area (Å²) in [4.78, 5) is 88.0. The predicted molar refractivity (Wildman–Crippen MR) is 358 cm³/mol. The lowest BCUT2D eigenvalue weighted by Crippen LogP contribution is -2.36. The molecule has 0 aliphatic carbocycles. The Hall–Kier alpha value is -12.3. The Morgan fingerprint density at radius 1 is 0.275 bits per heavy atom. The molecule has 17 rings (SSSR count). The van der Waals surface area contributed by atoms with Crippen molar-refractivity contribution >= 4 is 89.6 Å². The number of nitrogens with zero attached hydrogens (tertiary/aromatic N) is 6. The van der Waals surface area contributed by atoms with E-state index in [1.165, 1.54) is 41.2 Å². The van der Waals surface area contributed by atoms with E-state index in [4.69, 9.17) is 0 Å². The fourth-order valence-electron chi connectivity index (χ4n) is 13.1. The highest BCUT2D eigenvalue weighted by Gasteiger charge is 2.34. The zero-order valence-electron chi connectivity index (χ0n) is 49.5. The molecule has 0 bridgehead atoms. The van der Waals surface area contributed by atoms with Crippen LogP contribution in [0.2, 0.25) is 0 Å². The minimum atomic E-state index is -0.259. The fraction of sp³-hybridized carbons (Fsp3) is 0.0380. The van der Waals surface area contributed by atoms with Crippen LogP contribution >= 0.6 is 0 Å². The zero-order chi connectivity index (χ0) is 62.2.